The number of sulfonamides is 1. The minimum Gasteiger partial charge on any atom is -0.395 e. The van der Waals surface area contributed by atoms with Gasteiger partial charge in [0.1, 0.15) is 10.7 Å². The molecule has 0 unspecified atom stereocenters. The van der Waals surface area contributed by atoms with Crippen LogP contribution in [0.3, 0.4) is 0 Å². The van der Waals surface area contributed by atoms with Crippen LogP contribution < -0.4 is 5.73 Å². The molecule has 106 valence electrons. The normalized spacial score (nSPS) is 20.4. The fourth-order valence-electron chi connectivity index (χ4n) is 2.06. The van der Waals surface area contributed by atoms with Crippen LogP contribution in [0.5, 0.6) is 0 Å². The van der Waals surface area contributed by atoms with Gasteiger partial charge >= 0.3 is 0 Å². The maximum Gasteiger partial charge on any atom is 0.245 e. The number of para-hydroxylation sites is 1. The van der Waals surface area contributed by atoms with E-state index in [0.29, 0.717) is 6.61 Å². The van der Waals surface area contributed by atoms with Gasteiger partial charge in [-0.3, -0.25) is 0 Å². The molecule has 2 rings (SSSR count). The van der Waals surface area contributed by atoms with Crippen LogP contribution in [0.4, 0.5) is 10.1 Å². The van der Waals surface area contributed by atoms with Gasteiger partial charge in [0.2, 0.25) is 10.0 Å². The van der Waals surface area contributed by atoms with E-state index in [1.165, 1.54) is 16.4 Å². The summed E-state index contributed by atoms with van der Waals surface area (Å²) >= 11 is 0. The second-order valence-electron chi connectivity index (χ2n) is 5.10. The lowest BCUT2D eigenvalue weighted by Gasteiger charge is -2.37. The third kappa shape index (κ3) is 2.72. The van der Waals surface area contributed by atoms with E-state index in [2.05, 4.69) is 0 Å². The summed E-state index contributed by atoms with van der Waals surface area (Å²) in [5.41, 5.74) is 4.63. The first-order valence-electron chi connectivity index (χ1n) is 5.92. The van der Waals surface area contributed by atoms with Crippen molar-refractivity contribution >= 4 is 15.7 Å². The second-order valence-corrected chi connectivity index (χ2v) is 7.00. The number of hydrogen-bond donors (Lipinski definition) is 1. The van der Waals surface area contributed by atoms with Crippen LogP contribution in [0.15, 0.2) is 23.1 Å². The lowest BCUT2D eigenvalue weighted by atomic mass is 10.1. The Kier molecular flexibility index (Phi) is 3.55. The van der Waals surface area contributed by atoms with Crippen LogP contribution in [0.2, 0.25) is 0 Å². The summed E-state index contributed by atoms with van der Waals surface area (Å²) < 4.78 is 45.1. The van der Waals surface area contributed by atoms with Crippen LogP contribution in [-0.4, -0.2) is 38.0 Å². The van der Waals surface area contributed by atoms with Crippen molar-refractivity contribution in [3.8, 4) is 0 Å². The average Bonchev–Trinajstić information content (AvgIpc) is 2.31. The summed E-state index contributed by atoms with van der Waals surface area (Å²) in [5.74, 6) is -0.728. The molecule has 1 saturated heterocycles. The number of anilines is 1. The number of halogens is 1. The zero-order chi connectivity index (χ0) is 14.3. The summed E-state index contributed by atoms with van der Waals surface area (Å²) in [6.45, 7) is 4.38. The SMILES string of the molecule is CC1(C)CN(S(=O)(=O)c2cccc(F)c2N)CCO1. The lowest BCUT2D eigenvalue weighted by Crippen LogP contribution is -2.50. The van der Waals surface area contributed by atoms with Gasteiger partial charge in [-0.25, -0.2) is 12.8 Å². The standard InChI is InChI=1S/C12H17FN2O3S/c1-12(2)8-15(6-7-18-12)19(16,17)10-5-3-4-9(13)11(10)14/h3-5H,6-8,14H2,1-2H3. The fraction of sp³-hybridized carbons (Fsp3) is 0.500. The van der Waals surface area contributed by atoms with Gasteiger partial charge in [0.25, 0.3) is 0 Å². The van der Waals surface area contributed by atoms with Gasteiger partial charge in [0, 0.05) is 13.1 Å². The molecule has 19 heavy (non-hydrogen) atoms. The number of nitrogen functional groups attached to an aromatic ring is 1. The molecule has 0 spiro atoms. The maximum atomic E-state index is 13.4. The van der Waals surface area contributed by atoms with Crippen molar-refractivity contribution in [1.82, 2.24) is 4.31 Å². The van der Waals surface area contributed by atoms with Crippen LogP contribution in [0.1, 0.15) is 13.8 Å². The molecule has 1 aliphatic heterocycles. The van der Waals surface area contributed by atoms with E-state index in [9.17, 15) is 12.8 Å². The van der Waals surface area contributed by atoms with E-state index in [0.717, 1.165) is 6.07 Å². The molecule has 0 radical (unpaired) electrons. The minimum atomic E-state index is -3.80. The molecule has 0 saturated carbocycles. The minimum absolute atomic E-state index is 0.190. The predicted octanol–water partition coefficient (Wildman–Crippen LogP) is 1.21. The van der Waals surface area contributed by atoms with Crippen LogP contribution in [0, 0.1) is 5.82 Å². The first kappa shape index (κ1) is 14.2. The van der Waals surface area contributed by atoms with Crippen molar-refractivity contribution in [2.24, 2.45) is 0 Å². The van der Waals surface area contributed by atoms with Crippen LogP contribution >= 0.6 is 0 Å². The quantitative estimate of drug-likeness (QED) is 0.830. The molecular formula is C12H17FN2O3S. The highest BCUT2D eigenvalue weighted by Crippen LogP contribution is 2.27. The zero-order valence-electron chi connectivity index (χ0n) is 10.9. The second kappa shape index (κ2) is 4.73. The number of benzene rings is 1. The Morgan fingerprint density at radius 2 is 2.11 bits per heavy atom. The molecule has 0 aromatic heterocycles. The molecule has 2 N–H and O–H groups in total. The summed E-state index contributed by atoms with van der Waals surface area (Å²) in [6.07, 6.45) is 0. The Balaban J connectivity index is 2.40. The molecule has 1 aromatic carbocycles. The highest BCUT2D eigenvalue weighted by Gasteiger charge is 2.36. The average molecular weight is 288 g/mol. The van der Waals surface area contributed by atoms with Gasteiger partial charge < -0.3 is 10.5 Å². The summed E-state index contributed by atoms with van der Waals surface area (Å²) in [4.78, 5) is -0.190. The molecule has 0 atom stereocenters. The molecule has 1 fully saturated rings. The van der Waals surface area contributed by atoms with Crippen molar-refractivity contribution in [3.63, 3.8) is 0 Å². The number of ether oxygens (including phenoxy) is 1. The van der Waals surface area contributed by atoms with Gasteiger partial charge in [0.05, 0.1) is 17.9 Å². The first-order chi connectivity index (χ1) is 8.74. The van der Waals surface area contributed by atoms with E-state index in [1.807, 2.05) is 13.8 Å². The third-order valence-electron chi connectivity index (χ3n) is 3.02. The summed E-state index contributed by atoms with van der Waals surface area (Å²) in [7, 11) is -3.80. The van der Waals surface area contributed by atoms with Gasteiger partial charge in [-0.15, -0.1) is 0 Å². The lowest BCUT2D eigenvalue weighted by molar-refractivity contribution is -0.0640. The largest absolute Gasteiger partial charge is 0.395 e. The maximum absolute atomic E-state index is 13.4. The molecule has 1 heterocycles. The smallest absolute Gasteiger partial charge is 0.245 e. The highest BCUT2D eigenvalue weighted by atomic mass is 32.2. The number of nitrogens with two attached hydrogens (primary N) is 1. The van der Waals surface area contributed by atoms with E-state index in [-0.39, 0.29) is 23.7 Å². The van der Waals surface area contributed by atoms with Crippen molar-refractivity contribution < 1.29 is 17.5 Å². The summed E-state index contributed by atoms with van der Waals surface area (Å²) in [6, 6.07) is 3.79. The van der Waals surface area contributed by atoms with Crippen LogP contribution in [-0.2, 0) is 14.8 Å². The highest BCUT2D eigenvalue weighted by molar-refractivity contribution is 7.89. The predicted molar refractivity (Wildman–Crippen MR) is 69.6 cm³/mol. The van der Waals surface area contributed by atoms with Crippen molar-refractivity contribution in [3.05, 3.63) is 24.0 Å². The Morgan fingerprint density at radius 1 is 1.42 bits per heavy atom. The molecule has 5 nitrogen and oxygen atoms in total. The Labute approximate surface area is 112 Å². The molecule has 0 amide bonds. The molecule has 1 aromatic rings. The van der Waals surface area contributed by atoms with Crippen molar-refractivity contribution in [2.75, 3.05) is 25.4 Å². The topological polar surface area (TPSA) is 72.6 Å². The molecular weight excluding hydrogens is 271 g/mol. The molecule has 7 heteroatoms. The number of morpholine rings is 1. The summed E-state index contributed by atoms with van der Waals surface area (Å²) in [5, 5.41) is 0. The Morgan fingerprint density at radius 3 is 2.74 bits per heavy atom. The van der Waals surface area contributed by atoms with Gasteiger partial charge in [-0.05, 0) is 26.0 Å². The third-order valence-corrected chi connectivity index (χ3v) is 4.92. The van der Waals surface area contributed by atoms with E-state index in [4.69, 9.17) is 10.5 Å². The fourth-order valence-corrected chi connectivity index (χ4v) is 3.76. The van der Waals surface area contributed by atoms with E-state index < -0.39 is 21.4 Å². The number of hydrogen-bond acceptors (Lipinski definition) is 4. The Bertz CT molecular complexity index is 587. The van der Waals surface area contributed by atoms with Crippen molar-refractivity contribution in [1.29, 1.82) is 0 Å². The van der Waals surface area contributed by atoms with Gasteiger partial charge in [-0.2, -0.15) is 4.31 Å². The van der Waals surface area contributed by atoms with Crippen molar-refractivity contribution in [2.45, 2.75) is 24.3 Å². The zero-order valence-corrected chi connectivity index (χ0v) is 11.7. The van der Waals surface area contributed by atoms with Gasteiger partial charge in [0.15, 0.2) is 0 Å². The van der Waals surface area contributed by atoms with E-state index in [1.54, 1.807) is 0 Å². The van der Waals surface area contributed by atoms with Gasteiger partial charge in [-0.1, -0.05) is 6.07 Å². The first-order valence-corrected chi connectivity index (χ1v) is 7.36. The van der Waals surface area contributed by atoms with Crippen LogP contribution in [0.25, 0.3) is 0 Å². The number of nitrogens with zero attached hydrogens (tertiary/aromatic N) is 1. The monoisotopic (exact) mass is 288 g/mol. The van der Waals surface area contributed by atoms with E-state index >= 15 is 0 Å². The molecule has 0 bridgehead atoms. The Hall–Kier alpha value is -1.18. The molecule has 1 aliphatic rings. The molecule has 0 aliphatic carbocycles. The number of rotatable bonds is 2.